The van der Waals surface area contributed by atoms with Crippen molar-refractivity contribution < 1.29 is 36.9 Å². The Bertz CT molecular complexity index is 848. The fourth-order valence-electron chi connectivity index (χ4n) is 5.94. The second-order valence-electron chi connectivity index (χ2n) is 15.8. The molecule has 0 aromatic carbocycles. The number of nitrogens with zero attached hydrogens (tertiary/aromatic N) is 4. The van der Waals surface area contributed by atoms with Crippen molar-refractivity contribution in [2.24, 2.45) is 32.9 Å². The van der Waals surface area contributed by atoms with Gasteiger partial charge in [0.05, 0.1) is 54.5 Å². The van der Waals surface area contributed by atoms with Crippen LogP contribution in [0.25, 0.3) is 0 Å². The molecule has 0 heterocycles. The maximum Gasteiger partial charge on any atom is 0.311 e. The van der Waals surface area contributed by atoms with E-state index in [1.807, 2.05) is 0 Å². The second kappa shape index (κ2) is 21.8. The molecule has 0 amide bonds. The van der Waals surface area contributed by atoms with Crippen LogP contribution in [-0.2, 0) is 17.7 Å². The van der Waals surface area contributed by atoms with Crippen molar-refractivity contribution in [2.75, 3.05) is 93.9 Å². The number of guanidine groups is 2. The maximum atomic E-state index is 10.5. The van der Waals surface area contributed by atoms with Crippen molar-refractivity contribution >= 4 is 37.1 Å². The Balaban J connectivity index is 4.35. The lowest BCUT2D eigenvalue weighted by molar-refractivity contribution is -0.893. The van der Waals surface area contributed by atoms with Crippen LogP contribution in [0.2, 0.25) is 51.4 Å². The third-order valence-corrected chi connectivity index (χ3v) is 19.1. The van der Waals surface area contributed by atoms with E-state index in [0.29, 0.717) is 61.6 Å². The summed E-state index contributed by atoms with van der Waals surface area (Å²) in [5.74, 6) is 0.223. The molecule has 0 aromatic rings. The van der Waals surface area contributed by atoms with E-state index < -0.39 is 37.4 Å². The van der Waals surface area contributed by atoms with E-state index >= 15 is 0 Å². The minimum Gasteiger partial charge on any atom is -0.437 e. The van der Waals surface area contributed by atoms with Crippen molar-refractivity contribution in [3.05, 3.63) is 0 Å². The third-order valence-electron chi connectivity index (χ3n) is 7.64. The highest BCUT2D eigenvalue weighted by Gasteiger charge is 2.39. The van der Waals surface area contributed by atoms with E-state index in [1.165, 1.54) is 0 Å². The number of aliphatic hydroxyl groups excluding tert-OH is 2. The predicted octanol–water partition coefficient (Wildman–Crippen LogP) is 1.15. The summed E-state index contributed by atoms with van der Waals surface area (Å²) in [6.07, 6.45) is 2.44. The van der Waals surface area contributed by atoms with Crippen LogP contribution in [-0.4, -0.2) is 162 Å². The van der Waals surface area contributed by atoms with Gasteiger partial charge in [0, 0.05) is 39.1 Å². The molecule has 14 nitrogen and oxygen atoms in total. The predicted molar refractivity (Wildman–Crippen MR) is 201 cm³/mol. The molecule has 0 rings (SSSR count). The Morgan fingerprint density at radius 2 is 0.957 bits per heavy atom. The minimum absolute atomic E-state index is 0.111. The summed E-state index contributed by atoms with van der Waals surface area (Å²) in [5.41, 5.74) is 21.5. The molecule has 0 saturated heterocycles. The Hall–Kier alpha value is -1.13. The number of ether oxygens (including phenoxy) is 2. The van der Waals surface area contributed by atoms with Crippen LogP contribution >= 0.6 is 0 Å². The molecule has 2 unspecified atom stereocenters. The molecule has 17 heteroatoms. The van der Waals surface area contributed by atoms with Gasteiger partial charge in [0.2, 0.25) is 0 Å². The number of aliphatic imine (C=N–C) groups is 2. The minimum atomic E-state index is -2.33. The van der Waals surface area contributed by atoms with Crippen molar-refractivity contribution in [3.8, 4) is 0 Å². The molecular weight excluding hydrogens is 653 g/mol. The van der Waals surface area contributed by atoms with E-state index in [-0.39, 0.29) is 11.9 Å². The quantitative estimate of drug-likeness (QED) is 0.0223. The first-order valence-electron chi connectivity index (χ1n) is 17.1. The molecule has 47 heavy (non-hydrogen) atoms. The van der Waals surface area contributed by atoms with Crippen molar-refractivity contribution in [1.82, 2.24) is 0 Å². The summed E-state index contributed by atoms with van der Waals surface area (Å²) in [4.78, 5) is 8.05. The first-order chi connectivity index (χ1) is 21.4. The zero-order valence-corrected chi connectivity index (χ0v) is 34.6. The highest BCUT2D eigenvalue weighted by Crippen LogP contribution is 2.26. The van der Waals surface area contributed by atoms with Crippen LogP contribution in [0.5, 0.6) is 0 Å². The van der Waals surface area contributed by atoms with Gasteiger partial charge in [-0.05, 0) is 64.2 Å². The van der Waals surface area contributed by atoms with Crippen molar-refractivity contribution in [1.29, 1.82) is 0 Å². The number of rotatable bonds is 28. The van der Waals surface area contributed by atoms with E-state index in [9.17, 15) is 10.2 Å². The van der Waals surface area contributed by atoms with Crippen molar-refractivity contribution in [3.63, 3.8) is 0 Å². The summed E-state index contributed by atoms with van der Waals surface area (Å²) in [6.45, 7) is 19.3. The van der Waals surface area contributed by atoms with Crippen LogP contribution in [0.15, 0.2) is 9.98 Å². The smallest absolute Gasteiger partial charge is 0.311 e. The molecule has 2 atom stereocenters. The molecule has 0 radical (unpaired) electrons. The zero-order chi connectivity index (χ0) is 36.4. The Morgan fingerprint density at radius 3 is 1.28 bits per heavy atom. The highest BCUT2D eigenvalue weighted by molar-refractivity contribution is 6.87. The lowest BCUT2D eigenvalue weighted by Gasteiger charge is -2.38. The fourth-order valence-corrected chi connectivity index (χ4v) is 19.9. The topological polar surface area (TPSA) is 206 Å². The third kappa shape index (κ3) is 27.4. The van der Waals surface area contributed by atoms with Gasteiger partial charge in [-0.2, -0.15) is 0 Å². The maximum absolute atomic E-state index is 10.5. The molecule has 0 fully saturated rings. The Kier molecular flexibility index (Phi) is 21.3. The number of aliphatic hydroxyl groups is 2. The van der Waals surface area contributed by atoms with Crippen LogP contribution in [0.3, 0.4) is 0 Å². The number of hydrogen-bond acceptors (Lipinski definition) is 8. The molecule has 0 bridgehead atoms. The summed E-state index contributed by atoms with van der Waals surface area (Å²) in [7, 11) is 2.11. The molecule has 10 N–H and O–H groups in total. The van der Waals surface area contributed by atoms with Gasteiger partial charge >= 0.3 is 8.56 Å². The summed E-state index contributed by atoms with van der Waals surface area (Å²) < 4.78 is 26.5. The van der Waals surface area contributed by atoms with Crippen LogP contribution in [0.1, 0.15) is 25.7 Å². The van der Waals surface area contributed by atoms with Crippen LogP contribution < -0.4 is 22.9 Å². The Morgan fingerprint density at radius 1 is 0.617 bits per heavy atom. The zero-order valence-electron chi connectivity index (χ0n) is 31.6. The monoisotopic (exact) mass is 727 g/mol. The van der Waals surface area contributed by atoms with E-state index in [4.69, 9.17) is 40.6 Å². The van der Waals surface area contributed by atoms with Crippen molar-refractivity contribution in [2.45, 2.75) is 89.3 Å². The molecule has 0 aliphatic carbocycles. The van der Waals surface area contributed by atoms with Gasteiger partial charge in [-0.1, -0.05) is 0 Å². The highest BCUT2D eigenvalue weighted by atomic mass is 28.5. The number of likely N-dealkylation sites (N-methyl/N-ethyl adjacent to an activating group) is 2. The summed E-state index contributed by atoms with van der Waals surface area (Å²) in [6, 6.07) is 1.94. The molecule has 0 aliphatic rings. The fraction of sp³-hybridized carbons (Fsp3) is 0.933. The normalized spacial score (nSPS) is 14.6. The summed E-state index contributed by atoms with van der Waals surface area (Å²) in [5, 5.41) is 21.0. The SMILES string of the molecule is C[N+](C)(CCCN=C(N)N)CC(O)COCCC[Si](C)(C)O[Si](C)(C)O[Si](C)(C)CCCOCC(O)C[N+](C)(C)CCCN=C(N)N. The molecule has 0 aromatic heterocycles. The van der Waals surface area contributed by atoms with Gasteiger partial charge in [0.25, 0.3) is 0 Å². The Labute approximate surface area is 289 Å². The number of hydrogen-bond donors (Lipinski definition) is 6. The van der Waals surface area contributed by atoms with E-state index in [2.05, 4.69) is 77.5 Å². The van der Waals surface area contributed by atoms with Gasteiger partial charge in [-0.3, -0.25) is 9.98 Å². The largest absolute Gasteiger partial charge is 0.437 e. The van der Waals surface area contributed by atoms with E-state index in [0.717, 1.165) is 50.9 Å². The molecule has 0 saturated carbocycles. The van der Waals surface area contributed by atoms with Crippen LogP contribution in [0.4, 0.5) is 0 Å². The average Bonchev–Trinajstić information content (AvgIpc) is 2.86. The lowest BCUT2D eigenvalue weighted by atomic mass is 10.2. The van der Waals surface area contributed by atoms with Gasteiger partial charge in [-0.15, -0.1) is 0 Å². The first kappa shape index (κ1) is 45.9. The lowest BCUT2D eigenvalue weighted by Crippen LogP contribution is -2.52. The molecular formula is C30H74N8O6Si3+2. The van der Waals surface area contributed by atoms with Gasteiger partial charge in [0.15, 0.2) is 28.6 Å². The number of nitrogens with two attached hydrogens (primary N) is 4. The molecule has 0 spiro atoms. The molecule has 0 aliphatic heterocycles. The average molecular weight is 727 g/mol. The van der Waals surface area contributed by atoms with Gasteiger partial charge in [0.1, 0.15) is 25.3 Å². The first-order valence-corrected chi connectivity index (χ1v) is 26.2. The second-order valence-corrected chi connectivity index (χ2v) is 28.3. The summed E-state index contributed by atoms with van der Waals surface area (Å²) >= 11 is 0. The van der Waals surface area contributed by atoms with E-state index in [1.54, 1.807) is 0 Å². The molecule has 280 valence electrons. The van der Waals surface area contributed by atoms with Crippen LogP contribution in [0, 0.1) is 0 Å². The van der Waals surface area contributed by atoms with Gasteiger partial charge in [-0.25, -0.2) is 0 Å². The van der Waals surface area contributed by atoms with Gasteiger partial charge < -0.3 is 59.8 Å². The standard InChI is InChI=1S/C30H74N8O6Si3/c1-37(2,17-11-15-35-29(31)32)23-27(39)25-41-19-13-21-45(5,6)43-47(9,10)44-46(7,8)22-14-20-42-26-28(40)24-38(3,4)18-12-16-36-30(33)34/h27-28,39-40H,11-26H2,1-10H3,(H4,31,32,35)(H4,33,34,36)/q+2. The number of quaternary nitrogens is 2.